The minimum Gasteiger partial charge on any atom is -0.345 e. The van der Waals surface area contributed by atoms with Gasteiger partial charge in [-0.1, -0.05) is 0 Å². The molecule has 2 rings (SSSR count). The second-order valence-electron chi connectivity index (χ2n) is 4.80. The first-order valence-corrected chi connectivity index (χ1v) is 5.88. The van der Waals surface area contributed by atoms with E-state index in [-0.39, 0.29) is 24.9 Å². The maximum Gasteiger partial charge on any atom is 0.242 e. The van der Waals surface area contributed by atoms with Crippen molar-refractivity contribution in [2.75, 3.05) is 39.8 Å². The molecule has 2 aliphatic rings. The number of nitrogens with one attached hydrogen (secondary N) is 1. The molecular formula is C11H19N3O2. The Labute approximate surface area is 95.8 Å². The number of rotatable bonds is 2. The zero-order valence-corrected chi connectivity index (χ0v) is 9.74. The number of nitrogens with zero attached hydrogens (tertiary/aromatic N) is 2. The zero-order chi connectivity index (χ0) is 11.5. The zero-order valence-electron chi connectivity index (χ0n) is 9.74. The van der Waals surface area contributed by atoms with E-state index >= 15 is 0 Å². The van der Waals surface area contributed by atoms with Crippen LogP contribution in [-0.4, -0.2) is 61.4 Å². The number of likely N-dealkylation sites (tertiary alicyclic amines) is 1. The molecule has 2 amide bonds. The maximum atomic E-state index is 11.6. The van der Waals surface area contributed by atoms with E-state index in [1.807, 2.05) is 0 Å². The first-order chi connectivity index (χ1) is 7.65. The number of hydrogen-bond donors (Lipinski definition) is 1. The number of carbonyl (C=O) groups is 2. The van der Waals surface area contributed by atoms with Crippen molar-refractivity contribution >= 4 is 11.8 Å². The SMILES string of the molecule is CN1CCC(CN2CC(=O)NCC2=O)CC1. The van der Waals surface area contributed by atoms with Crippen LogP contribution in [0.1, 0.15) is 12.8 Å². The van der Waals surface area contributed by atoms with Gasteiger partial charge in [-0.15, -0.1) is 0 Å². The highest BCUT2D eigenvalue weighted by molar-refractivity contribution is 5.92. The van der Waals surface area contributed by atoms with Crippen LogP contribution < -0.4 is 5.32 Å². The predicted molar refractivity (Wildman–Crippen MR) is 59.8 cm³/mol. The standard InChI is InChI=1S/C11H19N3O2/c1-13-4-2-9(3-5-13)7-14-8-10(15)12-6-11(14)16/h9H,2-8H2,1H3,(H,12,15). The van der Waals surface area contributed by atoms with E-state index < -0.39 is 0 Å². The third-order valence-corrected chi connectivity index (χ3v) is 3.44. The molecule has 5 nitrogen and oxygen atoms in total. The first-order valence-electron chi connectivity index (χ1n) is 5.88. The van der Waals surface area contributed by atoms with Crippen molar-refractivity contribution in [2.45, 2.75) is 12.8 Å². The lowest BCUT2D eigenvalue weighted by atomic mass is 9.96. The molecule has 0 aromatic rings. The van der Waals surface area contributed by atoms with Crippen LogP contribution in [0.2, 0.25) is 0 Å². The molecule has 1 N–H and O–H groups in total. The molecule has 0 unspecified atom stereocenters. The molecule has 2 saturated heterocycles. The molecule has 0 bridgehead atoms. The van der Waals surface area contributed by atoms with Crippen molar-refractivity contribution < 1.29 is 9.59 Å². The summed E-state index contributed by atoms with van der Waals surface area (Å²) in [4.78, 5) is 26.8. The van der Waals surface area contributed by atoms with E-state index in [0.717, 1.165) is 32.5 Å². The molecule has 5 heteroatoms. The van der Waals surface area contributed by atoms with E-state index in [9.17, 15) is 9.59 Å². The summed E-state index contributed by atoms with van der Waals surface area (Å²) in [5.74, 6) is 0.581. The number of piperidine rings is 1. The quantitative estimate of drug-likeness (QED) is 0.675. The molecule has 16 heavy (non-hydrogen) atoms. The molecule has 0 aliphatic carbocycles. The van der Waals surface area contributed by atoms with Gasteiger partial charge in [0, 0.05) is 6.54 Å². The van der Waals surface area contributed by atoms with Crippen molar-refractivity contribution in [1.82, 2.24) is 15.1 Å². The van der Waals surface area contributed by atoms with Gasteiger partial charge in [0.05, 0.1) is 13.1 Å². The summed E-state index contributed by atoms with van der Waals surface area (Å²) in [7, 11) is 2.12. The summed E-state index contributed by atoms with van der Waals surface area (Å²) < 4.78 is 0. The first kappa shape index (κ1) is 11.4. The average molecular weight is 225 g/mol. The monoisotopic (exact) mass is 225 g/mol. The van der Waals surface area contributed by atoms with Gasteiger partial charge < -0.3 is 15.1 Å². The van der Waals surface area contributed by atoms with Crippen LogP contribution in [0.4, 0.5) is 0 Å². The van der Waals surface area contributed by atoms with Crippen molar-refractivity contribution in [3.63, 3.8) is 0 Å². The second kappa shape index (κ2) is 4.82. The normalized spacial score (nSPS) is 24.7. The Hall–Kier alpha value is -1.10. The largest absolute Gasteiger partial charge is 0.345 e. The summed E-state index contributed by atoms with van der Waals surface area (Å²) in [5, 5.41) is 2.57. The Kier molecular flexibility index (Phi) is 3.43. The molecule has 0 aromatic heterocycles. The lowest BCUT2D eigenvalue weighted by Crippen LogP contribution is -2.53. The molecule has 2 aliphatic heterocycles. The topological polar surface area (TPSA) is 52.6 Å². The average Bonchev–Trinajstić information content (AvgIpc) is 2.27. The fourth-order valence-corrected chi connectivity index (χ4v) is 2.33. The lowest BCUT2D eigenvalue weighted by Gasteiger charge is -2.34. The van der Waals surface area contributed by atoms with Crippen LogP contribution in [-0.2, 0) is 9.59 Å². The van der Waals surface area contributed by atoms with E-state index in [4.69, 9.17) is 0 Å². The fraction of sp³-hybridized carbons (Fsp3) is 0.818. The Morgan fingerprint density at radius 1 is 1.31 bits per heavy atom. The van der Waals surface area contributed by atoms with Gasteiger partial charge in [0.2, 0.25) is 11.8 Å². The number of hydrogen-bond acceptors (Lipinski definition) is 3. The van der Waals surface area contributed by atoms with Gasteiger partial charge in [-0.05, 0) is 38.9 Å². The summed E-state index contributed by atoms with van der Waals surface area (Å²) in [6.45, 7) is 3.36. The summed E-state index contributed by atoms with van der Waals surface area (Å²) >= 11 is 0. The van der Waals surface area contributed by atoms with Crippen molar-refractivity contribution in [2.24, 2.45) is 5.92 Å². The summed E-state index contributed by atoms with van der Waals surface area (Å²) in [6, 6.07) is 0. The number of carbonyl (C=O) groups excluding carboxylic acids is 2. The van der Waals surface area contributed by atoms with E-state index in [2.05, 4.69) is 17.3 Å². The van der Waals surface area contributed by atoms with Crippen LogP contribution in [0.3, 0.4) is 0 Å². The Bertz CT molecular complexity index is 285. The van der Waals surface area contributed by atoms with Crippen LogP contribution in [0.5, 0.6) is 0 Å². The highest BCUT2D eigenvalue weighted by Gasteiger charge is 2.26. The molecule has 2 heterocycles. The van der Waals surface area contributed by atoms with Gasteiger partial charge in [-0.25, -0.2) is 0 Å². The molecule has 2 fully saturated rings. The maximum absolute atomic E-state index is 11.6. The molecule has 0 atom stereocenters. The van der Waals surface area contributed by atoms with E-state index in [1.165, 1.54) is 0 Å². The molecule has 0 spiro atoms. The number of amides is 2. The third-order valence-electron chi connectivity index (χ3n) is 3.44. The Morgan fingerprint density at radius 3 is 2.69 bits per heavy atom. The highest BCUT2D eigenvalue weighted by Crippen LogP contribution is 2.17. The highest BCUT2D eigenvalue weighted by atomic mass is 16.2. The summed E-state index contributed by atoms with van der Waals surface area (Å²) in [6.07, 6.45) is 2.25. The van der Waals surface area contributed by atoms with Crippen LogP contribution in [0.15, 0.2) is 0 Å². The summed E-state index contributed by atoms with van der Waals surface area (Å²) in [5.41, 5.74) is 0. The minimum atomic E-state index is -0.0347. The van der Waals surface area contributed by atoms with Gasteiger partial charge in [0.25, 0.3) is 0 Å². The molecular weight excluding hydrogens is 206 g/mol. The van der Waals surface area contributed by atoms with Gasteiger partial charge in [0.1, 0.15) is 0 Å². The van der Waals surface area contributed by atoms with Crippen LogP contribution in [0, 0.1) is 5.92 Å². The second-order valence-corrected chi connectivity index (χ2v) is 4.80. The third kappa shape index (κ3) is 2.72. The van der Waals surface area contributed by atoms with Gasteiger partial charge in [-0.2, -0.15) is 0 Å². The van der Waals surface area contributed by atoms with Gasteiger partial charge in [0.15, 0.2) is 0 Å². The molecule has 0 aromatic carbocycles. The van der Waals surface area contributed by atoms with Gasteiger partial charge >= 0.3 is 0 Å². The van der Waals surface area contributed by atoms with Crippen molar-refractivity contribution in [1.29, 1.82) is 0 Å². The van der Waals surface area contributed by atoms with Crippen molar-refractivity contribution in [3.8, 4) is 0 Å². The van der Waals surface area contributed by atoms with Crippen LogP contribution >= 0.6 is 0 Å². The molecule has 90 valence electrons. The Morgan fingerprint density at radius 2 is 2.00 bits per heavy atom. The van der Waals surface area contributed by atoms with Crippen LogP contribution in [0.25, 0.3) is 0 Å². The van der Waals surface area contributed by atoms with E-state index in [1.54, 1.807) is 4.90 Å². The minimum absolute atomic E-state index is 0.0347. The fourth-order valence-electron chi connectivity index (χ4n) is 2.33. The van der Waals surface area contributed by atoms with Crippen molar-refractivity contribution in [3.05, 3.63) is 0 Å². The smallest absolute Gasteiger partial charge is 0.242 e. The lowest BCUT2D eigenvalue weighted by molar-refractivity contribution is -0.141. The molecule has 0 saturated carbocycles. The Balaban J connectivity index is 1.83. The van der Waals surface area contributed by atoms with Gasteiger partial charge in [-0.3, -0.25) is 9.59 Å². The number of piperazine rings is 1. The predicted octanol–water partition coefficient (Wildman–Crippen LogP) is -0.713. The van der Waals surface area contributed by atoms with E-state index in [0.29, 0.717) is 5.92 Å². The molecule has 0 radical (unpaired) electrons.